The molecule has 0 aliphatic rings. The fourth-order valence-electron chi connectivity index (χ4n) is 3.38. The van der Waals surface area contributed by atoms with Crippen molar-refractivity contribution in [3.63, 3.8) is 0 Å². The zero-order valence-corrected chi connectivity index (χ0v) is 19.0. The van der Waals surface area contributed by atoms with Gasteiger partial charge in [0.1, 0.15) is 10.8 Å². The standard InChI is InChI=1S/C25H20N4O4S/c1-16-3-9-20-22(13-16)34-24(28-20)17-4-6-18(7-5-17)27-23(30)15-32-25(31)21-10-8-19(33-21)14-29-12-2-11-26-29/h2-13H,14-15H2,1H3,(H,27,30). The second kappa shape index (κ2) is 9.32. The Morgan fingerprint density at radius 1 is 1.12 bits per heavy atom. The molecular weight excluding hydrogens is 452 g/mol. The maximum absolute atomic E-state index is 12.2. The molecule has 0 fully saturated rings. The van der Waals surface area contributed by atoms with Gasteiger partial charge in [0, 0.05) is 23.6 Å². The molecule has 0 saturated carbocycles. The predicted octanol–water partition coefficient (Wildman–Crippen LogP) is 4.91. The lowest BCUT2D eigenvalue weighted by Crippen LogP contribution is -2.20. The van der Waals surface area contributed by atoms with Crippen molar-refractivity contribution < 1.29 is 18.7 Å². The number of fused-ring (bicyclic) bond motifs is 1. The first-order valence-electron chi connectivity index (χ1n) is 10.5. The molecule has 8 nitrogen and oxygen atoms in total. The third-order valence-corrected chi connectivity index (χ3v) is 6.10. The Hall–Kier alpha value is -4.24. The maximum atomic E-state index is 12.2. The van der Waals surface area contributed by atoms with Crippen molar-refractivity contribution >= 4 is 39.1 Å². The summed E-state index contributed by atoms with van der Waals surface area (Å²) in [7, 11) is 0. The zero-order chi connectivity index (χ0) is 23.5. The van der Waals surface area contributed by atoms with Crippen molar-refractivity contribution in [2.75, 3.05) is 11.9 Å². The lowest BCUT2D eigenvalue weighted by molar-refractivity contribution is -0.119. The molecule has 0 bridgehead atoms. The average Bonchev–Trinajstić information content (AvgIpc) is 3.59. The van der Waals surface area contributed by atoms with Crippen molar-refractivity contribution in [1.82, 2.24) is 14.8 Å². The molecular formula is C25H20N4O4S. The second-order valence-corrected chi connectivity index (χ2v) is 8.69. The molecule has 0 saturated heterocycles. The summed E-state index contributed by atoms with van der Waals surface area (Å²) in [5.74, 6) is -0.558. The highest BCUT2D eigenvalue weighted by Crippen LogP contribution is 2.31. The third kappa shape index (κ3) is 4.89. The number of nitrogens with one attached hydrogen (secondary N) is 1. The van der Waals surface area contributed by atoms with Crippen molar-refractivity contribution in [1.29, 1.82) is 0 Å². The van der Waals surface area contributed by atoms with Gasteiger partial charge in [0.15, 0.2) is 6.61 Å². The van der Waals surface area contributed by atoms with E-state index in [-0.39, 0.29) is 5.76 Å². The van der Waals surface area contributed by atoms with Gasteiger partial charge in [0.05, 0.1) is 16.8 Å². The van der Waals surface area contributed by atoms with Crippen LogP contribution in [0.2, 0.25) is 0 Å². The summed E-state index contributed by atoms with van der Waals surface area (Å²) < 4.78 is 13.4. The number of nitrogens with zero attached hydrogens (tertiary/aromatic N) is 3. The van der Waals surface area contributed by atoms with Crippen LogP contribution in [0.5, 0.6) is 0 Å². The smallest absolute Gasteiger partial charge is 0.374 e. The molecule has 9 heteroatoms. The Morgan fingerprint density at radius 2 is 1.97 bits per heavy atom. The number of benzene rings is 2. The van der Waals surface area contributed by atoms with E-state index in [4.69, 9.17) is 9.15 Å². The Balaban J connectivity index is 1.15. The van der Waals surface area contributed by atoms with Crippen molar-refractivity contribution in [2.24, 2.45) is 0 Å². The molecule has 2 aromatic carbocycles. The van der Waals surface area contributed by atoms with Crippen LogP contribution in [0, 0.1) is 6.92 Å². The maximum Gasteiger partial charge on any atom is 0.374 e. The predicted molar refractivity (Wildman–Crippen MR) is 129 cm³/mol. The molecule has 1 N–H and O–H groups in total. The average molecular weight is 473 g/mol. The van der Waals surface area contributed by atoms with Crippen molar-refractivity contribution in [3.05, 3.63) is 90.1 Å². The van der Waals surface area contributed by atoms with Gasteiger partial charge in [-0.2, -0.15) is 5.10 Å². The van der Waals surface area contributed by atoms with Gasteiger partial charge in [0.25, 0.3) is 5.91 Å². The number of hydrogen-bond donors (Lipinski definition) is 1. The first-order chi connectivity index (χ1) is 16.5. The number of aromatic nitrogens is 3. The highest BCUT2D eigenvalue weighted by molar-refractivity contribution is 7.21. The van der Waals surface area contributed by atoms with E-state index in [1.54, 1.807) is 52.7 Å². The van der Waals surface area contributed by atoms with Crippen molar-refractivity contribution in [2.45, 2.75) is 13.5 Å². The minimum absolute atomic E-state index is 0.0327. The number of carbonyl (C=O) groups excluding carboxylic acids is 2. The molecule has 1 amide bonds. The molecule has 0 atom stereocenters. The monoisotopic (exact) mass is 472 g/mol. The first-order valence-corrected chi connectivity index (χ1v) is 11.4. The summed E-state index contributed by atoms with van der Waals surface area (Å²) in [6, 6.07) is 18.6. The van der Waals surface area contributed by atoms with Crippen LogP contribution in [0.15, 0.2) is 77.5 Å². The summed E-state index contributed by atoms with van der Waals surface area (Å²) in [5.41, 5.74) is 3.73. The molecule has 3 aromatic heterocycles. The van der Waals surface area contributed by atoms with E-state index in [1.165, 1.54) is 11.6 Å². The Kier molecular flexibility index (Phi) is 5.92. The van der Waals surface area contributed by atoms with Gasteiger partial charge in [-0.3, -0.25) is 9.48 Å². The van der Waals surface area contributed by atoms with Crippen LogP contribution in [0.1, 0.15) is 21.9 Å². The van der Waals surface area contributed by atoms with Crippen LogP contribution in [0.4, 0.5) is 5.69 Å². The van der Waals surface area contributed by atoms with Gasteiger partial charge < -0.3 is 14.5 Å². The highest BCUT2D eigenvalue weighted by atomic mass is 32.1. The summed E-state index contributed by atoms with van der Waals surface area (Å²) in [4.78, 5) is 29.1. The largest absolute Gasteiger partial charge is 0.452 e. The van der Waals surface area contributed by atoms with Crippen molar-refractivity contribution in [3.8, 4) is 10.6 Å². The zero-order valence-electron chi connectivity index (χ0n) is 18.2. The Morgan fingerprint density at radius 3 is 2.76 bits per heavy atom. The van der Waals surface area contributed by atoms with Gasteiger partial charge in [-0.15, -0.1) is 11.3 Å². The van der Waals surface area contributed by atoms with E-state index in [0.717, 1.165) is 20.8 Å². The van der Waals surface area contributed by atoms with E-state index >= 15 is 0 Å². The highest BCUT2D eigenvalue weighted by Gasteiger charge is 2.15. The van der Waals surface area contributed by atoms with Gasteiger partial charge in [-0.05, 0) is 67.1 Å². The molecule has 0 aliphatic carbocycles. The quantitative estimate of drug-likeness (QED) is 0.338. The van der Waals surface area contributed by atoms with E-state index in [0.29, 0.717) is 18.0 Å². The number of esters is 1. The lowest BCUT2D eigenvalue weighted by Gasteiger charge is -2.06. The van der Waals surface area contributed by atoms with Crippen LogP contribution in [-0.4, -0.2) is 33.2 Å². The number of amides is 1. The number of aryl methyl sites for hydroxylation is 1. The molecule has 0 spiro atoms. The molecule has 0 unspecified atom stereocenters. The lowest BCUT2D eigenvalue weighted by atomic mass is 10.2. The van der Waals surface area contributed by atoms with Crippen LogP contribution < -0.4 is 5.32 Å². The normalized spacial score (nSPS) is 11.0. The molecule has 5 rings (SSSR count). The number of furan rings is 1. The molecule has 170 valence electrons. The van der Waals surface area contributed by atoms with Crippen LogP contribution in [0.3, 0.4) is 0 Å². The second-order valence-electron chi connectivity index (χ2n) is 7.66. The SMILES string of the molecule is Cc1ccc2nc(-c3ccc(NC(=O)COC(=O)c4ccc(Cn5cccn5)o4)cc3)sc2c1. The minimum Gasteiger partial charge on any atom is -0.452 e. The van der Waals surface area contributed by atoms with Gasteiger partial charge in [-0.1, -0.05) is 6.07 Å². The molecule has 0 radical (unpaired) electrons. The molecule has 34 heavy (non-hydrogen) atoms. The number of ether oxygens (including phenoxy) is 1. The number of hydrogen-bond acceptors (Lipinski definition) is 7. The van der Waals surface area contributed by atoms with Crippen LogP contribution >= 0.6 is 11.3 Å². The van der Waals surface area contributed by atoms with Gasteiger partial charge >= 0.3 is 5.97 Å². The summed E-state index contributed by atoms with van der Waals surface area (Å²) in [6.07, 6.45) is 3.45. The minimum atomic E-state index is -0.705. The van der Waals surface area contributed by atoms with E-state index in [1.807, 2.05) is 24.3 Å². The van der Waals surface area contributed by atoms with Crippen LogP contribution in [0.25, 0.3) is 20.8 Å². The fourth-order valence-corrected chi connectivity index (χ4v) is 4.45. The first kappa shape index (κ1) is 21.6. The topological polar surface area (TPSA) is 99.2 Å². The number of carbonyl (C=O) groups is 2. The van der Waals surface area contributed by atoms with Gasteiger partial charge in [-0.25, -0.2) is 9.78 Å². The van der Waals surface area contributed by atoms with Gasteiger partial charge in [0.2, 0.25) is 5.76 Å². The van der Waals surface area contributed by atoms with E-state index < -0.39 is 18.5 Å². The third-order valence-electron chi connectivity index (χ3n) is 5.03. The molecule has 0 aliphatic heterocycles. The fraction of sp³-hybridized carbons (Fsp3) is 0.120. The Bertz CT molecular complexity index is 1450. The number of rotatable bonds is 7. The summed E-state index contributed by atoms with van der Waals surface area (Å²) in [5, 5.41) is 7.72. The molecule has 3 heterocycles. The van der Waals surface area contributed by atoms with E-state index in [9.17, 15) is 9.59 Å². The summed E-state index contributed by atoms with van der Waals surface area (Å²) in [6.45, 7) is 2.03. The number of anilines is 1. The van der Waals surface area contributed by atoms with E-state index in [2.05, 4.69) is 28.4 Å². The molecule has 5 aromatic rings. The number of thiazole rings is 1. The van der Waals surface area contributed by atoms with Crippen LogP contribution in [-0.2, 0) is 16.1 Å². The Labute approximate surface area is 198 Å². The summed E-state index contributed by atoms with van der Waals surface area (Å²) >= 11 is 1.63.